The Bertz CT molecular complexity index is 599. The molecule has 0 saturated carbocycles. The van der Waals surface area contributed by atoms with Gasteiger partial charge in [-0.05, 0) is 36.2 Å². The predicted octanol–water partition coefficient (Wildman–Crippen LogP) is 4.87. The molecule has 0 aliphatic carbocycles. The molecular formula is C14H11ClF3N. The molecular weight excluding hydrogens is 275 g/mol. The van der Waals surface area contributed by atoms with E-state index in [1.807, 2.05) is 6.92 Å². The number of benzene rings is 1. The number of hydrogen-bond acceptors (Lipinski definition) is 1. The summed E-state index contributed by atoms with van der Waals surface area (Å²) in [6.45, 7) is 1.82. The Morgan fingerprint density at radius 3 is 2.58 bits per heavy atom. The second-order valence-corrected chi connectivity index (χ2v) is 4.41. The zero-order valence-electron chi connectivity index (χ0n) is 10.1. The van der Waals surface area contributed by atoms with Gasteiger partial charge in [0.25, 0.3) is 6.43 Å². The van der Waals surface area contributed by atoms with Gasteiger partial charge in [0, 0.05) is 23.3 Å². The number of pyridine rings is 1. The van der Waals surface area contributed by atoms with E-state index >= 15 is 0 Å². The van der Waals surface area contributed by atoms with Crippen LogP contribution in [0.5, 0.6) is 0 Å². The number of halogens is 4. The summed E-state index contributed by atoms with van der Waals surface area (Å²) in [5.41, 5.74) is 2.14. The topological polar surface area (TPSA) is 12.9 Å². The van der Waals surface area contributed by atoms with E-state index < -0.39 is 17.8 Å². The molecule has 0 aliphatic rings. The largest absolute Gasteiger partial charge is 0.266 e. The Labute approximate surface area is 114 Å². The van der Waals surface area contributed by atoms with Crippen LogP contribution in [0.25, 0.3) is 11.1 Å². The van der Waals surface area contributed by atoms with Crippen molar-refractivity contribution in [1.82, 2.24) is 4.98 Å². The molecule has 2 rings (SSSR count). The Morgan fingerprint density at radius 2 is 1.95 bits per heavy atom. The summed E-state index contributed by atoms with van der Waals surface area (Å²) in [6, 6.07) is 5.41. The van der Waals surface area contributed by atoms with Crippen molar-refractivity contribution in [3.05, 3.63) is 53.1 Å². The lowest BCUT2D eigenvalue weighted by Crippen LogP contribution is -1.94. The molecule has 1 heterocycles. The molecule has 0 spiro atoms. The van der Waals surface area contributed by atoms with Gasteiger partial charge < -0.3 is 0 Å². The van der Waals surface area contributed by atoms with E-state index in [9.17, 15) is 13.2 Å². The van der Waals surface area contributed by atoms with Crippen molar-refractivity contribution in [2.24, 2.45) is 0 Å². The Morgan fingerprint density at radius 1 is 1.21 bits per heavy atom. The average molecular weight is 286 g/mol. The first kappa shape index (κ1) is 13.9. The number of aromatic nitrogens is 1. The molecule has 0 unspecified atom stereocenters. The second kappa shape index (κ2) is 5.61. The lowest BCUT2D eigenvalue weighted by Gasteiger charge is -2.08. The van der Waals surface area contributed by atoms with Crippen molar-refractivity contribution in [3.63, 3.8) is 0 Å². The SMILES string of the molecule is Cc1ncc(-c2ccc(F)c(C(F)F)c2)cc1CCl. The van der Waals surface area contributed by atoms with E-state index in [1.165, 1.54) is 6.07 Å². The number of nitrogens with zero attached hydrogens (tertiary/aromatic N) is 1. The Balaban J connectivity index is 2.50. The van der Waals surface area contributed by atoms with Gasteiger partial charge in [0.2, 0.25) is 0 Å². The molecule has 5 heteroatoms. The maximum Gasteiger partial charge on any atom is 0.266 e. The minimum absolute atomic E-state index is 0.287. The monoisotopic (exact) mass is 285 g/mol. The molecule has 0 fully saturated rings. The molecule has 0 N–H and O–H groups in total. The summed E-state index contributed by atoms with van der Waals surface area (Å²) in [6.07, 6.45) is -1.28. The molecule has 0 atom stereocenters. The number of hydrogen-bond donors (Lipinski definition) is 0. The van der Waals surface area contributed by atoms with Crippen LogP contribution in [0.4, 0.5) is 13.2 Å². The molecule has 0 aliphatic heterocycles. The molecule has 0 radical (unpaired) electrons. The van der Waals surface area contributed by atoms with Crippen LogP contribution >= 0.6 is 11.6 Å². The van der Waals surface area contributed by atoms with Crippen molar-refractivity contribution in [2.45, 2.75) is 19.2 Å². The highest BCUT2D eigenvalue weighted by Gasteiger charge is 2.14. The lowest BCUT2D eigenvalue weighted by atomic mass is 10.0. The van der Waals surface area contributed by atoms with Crippen LogP contribution in [-0.4, -0.2) is 4.98 Å². The molecule has 2 aromatic rings. The first-order valence-electron chi connectivity index (χ1n) is 5.62. The predicted molar refractivity (Wildman–Crippen MR) is 68.9 cm³/mol. The van der Waals surface area contributed by atoms with Crippen LogP contribution < -0.4 is 0 Å². The molecule has 19 heavy (non-hydrogen) atoms. The van der Waals surface area contributed by atoms with E-state index in [1.54, 1.807) is 12.3 Å². The van der Waals surface area contributed by atoms with Crippen molar-refractivity contribution >= 4 is 11.6 Å². The number of aryl methyl sites for hydroxylation is 1. The summed E-state index contributed by atoms with van der Waals surface area (Å²) < 4.78 is 38.5. The fraction of sp³-hybridized carbons (Fsp3) is 0.214. The zero-order chi connectivity index (χ0) is 14.0. The quantitative estimate of drug-likeness (QED) is 0.733. The third-order valence-electron chi connectivity index (χ3n) is 2.90. The summed E-state index contributed by atoms with van der Waals surface area (Å²) in [5, 5.41) is 0. The molecule has 0 bridgehead atoms. The molecule has 0 saturated heterocycles. The van der Waals surface area contributed by atoms with Gasteiger partial charge in [0.05, 0.1) is 5.56 Å². The van der Waals surface area contributed by atoms with E-state index in [4.69, 9.17) is 11.6 Å². The molecule has 100 valence electrons. The van der Waals surface area contributed by atoms with Crippen LogP contribution in [0.3, 0.4) is 0 Å². The maximum atomic E-state index is 13.2. The molecule has 1 nitrogen and oxygen atoms in total. The van der Waals surface area contributed by atoms with Gasteiger partial charge >= 0.3 is 0 Å². The van der Waals surface area contributed by atoms with Crippen LogP contribution in [-0.2, 0) is 5.88 Å². The first-order valence-corrected chi connectivity index (χ1v) is 6.16. The van der Waals surface area contributed by atoms with Gasteiger partial charge in [-0.1, -0.05) is 6.07 Å². The highest BCUT2D eigenvalue weighted by atomic mass is 35.5. The average Bonchev–Trinajstić information content (AvgIpc) is 2.39. The second-order valence-electron chi connectivity index (χ2n) is 4.14. The van der Waals surface area contributed by atoms with Gasteiger partial charge in [-0.2, -0.15) is 0 Å². The summed E-state index contributed by atoms with van der Waals surface area (Å²) in [5.74, 6) is -0.619. The van der Waals surface area contributed by atoms with Crippen LogP contribution in [0.1, 0.15) is 23.2 Å². The number of rotatable bonds is 3. The van der Waals surface area contributed by atoms with E-state index in [-0.39, 0.29) is 5.88 Å². The highest BCUT2D eigenvalue weighted by Crippen LogP contribution is 2.28. The first-order chi connectivity index (χ1) is 9.02. The van der Waals surface area contributed by atoms with Gasteiger partial charge in [-0.3, -0.25) is 4.98 Å². The third-order valence-corrected chi connectivity index (χ3v) is 3.19. The van der Waals surface area contributed by atoms with Crippen LogP contribution in [0.15, 0.2) is 30.5 Å². The zero-order valence-corrected chi connectivity index (χ0v) is 10.9. The molecule has 1 aromatic carbocycles. The Hall–Kier alpha value is -1.55. The van der Waals surface area contributed by atoms with Crippen LogP contribution in [0, 0.1) is 12.7 Å². The molecule has 1 aromatic heterocycles. The summed E-state index contributed by atoms with van der Waals surface area (Å²) in [4.78, 5) is 4.16. The fourth-order valence-corrected chi connectivity index (χ4v) is 2.03. The smallest absolute Gasteiger partial charge is 0.261 e. The van der Waals surface area contributed by atoms with E-state index in [0.717, 1.165) is 23.4 Å². The summed E-state index contributed by atoms with van der Waals surface area (Å²) in [7, 11) is 0. The van der Waals surface area contributed by atoms with Crippen molar-refractivity contribution in [1.29, 1.82) is 0 Å². The van der Waals surface area contributed by atoms with E-state index in [0.29, 0.717) is 11.1 Å². The van der Waals surface area contributed by atoms with Crippen molar-refractivity contribution < 1.29 is 13.2 Å². The highest BCUT2D eigenvalue weighted by molar-refractivity contribution is 6.17. The van der Waals surface area contributed by atoms with Gasteiger partial charge in [0.15, 0.2) is 0 Å². The Kier molecular flexibility index (Phi) is 4.10. The van der Waals surface area contributed by atoms with Crippen molar-refractivity contribution in [3.8, 4) is 11.1 Å². The van der Waals surface area contributed by atoms with Gasteiger partial charge in [-0.15, -0.1) is 11.6 Å². The van der Waals surface area contributed by atoms with Crippen LogP contribution in [0.2, 0.25) is 0 Å². The number of alkyl halides is 3. The van der Waals surface area contributed by atoms with Gasteiger partial charge in [-0.25, -0.2) is 13.2 Å². The molecule has 0 amide bonds. The fourth-order valence-electron chi connectivity index (χ4n) is 1.76. The third kappa shape index (κ3) is 2.89. The minimum Gasteiger partial charge on any atom is -0.261 e. The lowest BCUT2D eigenvalue weighted by molar-refractivity contribution is 0.146. The standard InChI is InChI=1S/C14H11ClF3N/c1-8-10(6-15)4-11(7-19-8)9-2-3-13(16)12(5-9)14(17)18/h2-5,7,14H,6H2,1H3. The minimum atomic E-state index is -2.84. The van der Waals surface area contributed by atoms with E-state index in [2.05, 4.69) is 4.98 Å². The maximum absolute atomic E-state index is 13.2. The van der Waals surface area contributed by atoms with Gasteiger partial charge in [0.1, 0.15) is 5.82 Å². The summed E-state index contributed by atoms with van der Waals surface area (Å²) >= 11 is 5.78. The van der Waals surface area contributed by atoms with Crippen molar-refractivity contribution in [2.75, 3.05) is 0 Å². The normalized spacial score (nSPS) is 11.1.